The molecule has 0 aliphatic carbocycles. The van der Waals surface area contributed by atoms with Gasteiger partial charge in [-0.15, -0.1) is 0 Å². The van der Waals surface area contributed by atoms with Crippen LogP contribution in [0.1, 0.15) is 25.0 Å². The lowest BCUT2D eigenvalue weighted by atomic mass is 10.1. The van der Waals surface area contributed by atoms with Crippen molar-refractivity contribution in [2.24, 2.45) is 0 Å². The van der Waals surface area contributed by atoms with Gasteiger partial charge in [0.1, 0.15) is 12.4 Å². The Kier molecular flexibility index (Phi) is 4.62. The van der Waals surface area contributed by atoms with Crippen molar-refractivity contribution >= 4 is 10.0 Å². The predicted octanol–water partition coefficient (Wildman–Crippen LogP) is 0.962. The van der Waals surface area contributed by atoms with Gasteiger partial charge in [0, 0.05) is 20.2 Å². The van der Waals surface area contributed by atoms with Crippen molar-refractivity contribution < 1.29 is 22.7 Å². The van der Waals surface area contributed by atoms with Crippen molar-refractivity contribution in [2.45, 2.75) is 37.1 Å². The lowest BCUT2D eigenvalue weighted by Gasteiger charge is -2.26. The molecule has 108 valence electrons. The van der Waals surface area contributed by atoms with Gasteiger partial charge in [-0.25, -0.2) is 8.42 Å². The summed E-state index contributed by atoms with van der Waals surface area (Å²) in [5, 5.41) is 8.75. The van der Waals surface area contributed by atoms with Crippen LogP contribution < -0.4 is 0 Å². The molecule has 6 nitrogen and oxygen atoms in total. The van der Waals surface area contributed by atoms with Crippen molar-refractivity contribution in [1.82, 2.24) is 4.31 Å². The highest BCUT2D eigenvalue weighted by Crippen LogP contribution is 2.20. The zero-order valence-corrected chi connectivity index (χ0v) is 11.7. The molecule has 19 heavy (non-hydrogen) atoms. The van der Waals surface area contributed by atoms with Gasteiger partial charge in [-0.3, -0.25) is 0 Å². The number of aliphatic hydroxyl groups is 1. The molecule has 1 fully saturated rings. The molecule has 1 atom stereocenters. The van der Waals surface area contributed by atoms with Crippen molar-refractivity contribution in [2.75, 3.05) is 20.2 Å². The van der Waals surface area contributed by atoms with E-state index >= 15 is 0 Å². The molecule has 1 aromatic rings. The number of ether oxygens (including phenoxy) is 1. The van der Waals surface area contributed by atoms with E-state index in [9.17, 15) is 8.42 Å². The monoisotopic (exact) mass is 289 g/mol. The van der Waals surface area contributed by atoms with Crippen LogP contribution in [0.25, 0.3) is 0 Å². The van der Waals surface area contributed by atoms with Crippen molar-refractivity contribution in [3.63, 3.8) is 0 Å². The number of sulfonamides is 1. The summed E-state index contributed by atoms with van der Waals surface area (Å²) < 4.78 is 36.3. The summed E-state index contributed by atoms with van der Waals surface area (Å²) in [5.41, 5.74) is 0. The Morgan fingerprint density at radius 3 is 2.79 bits per heavy atom. The lowest BCUT2D eigenvalue weighted by molar-refractivity contribution is 0.00844. The molecular weight excluding hydrogens is 270 g/mol. The molecule has 0 aromatic carbocycles. The molecule has 0 amide bonds. The van der Waals surface area contributed by atoms with Crippen molar-refractivity contribution in [3.05, 3.63) is 17.9 Å². The quantitative estimate of drug-likeness (QED) is 0.873. The minimum Gasteiger partial charge on any atom is -0.446 e. The normalized spacial score (nSPS) is 20.9. The first-order valence-electron chi connectivity index (χ1n) is 6.31. The Hall–Kier alpha value is -0.890. The molecule has 1 N–H and O–H groups in total. The van der Waals surface area contributed by atoms with Gasteiger partial charge in [-0.05, 0) is 31.4 Å². The van der Waals surface area contributed by atoms with Crippen LogP contribution in [0.3, 0.4) is 0 Å². The molecule has 1 aliphatic heterocycles. The first kappa shape index (κ1) is 14.5. The van der Waals surface area contributed by atoms with E-state index in [1.54, 1.807) is 0 Å². The van der Waals surface area contributed by atoms with E-state index in [4.69, 9.17) is 14.3 Å². The molecule has 0 saturated carbocycles. The summed E-state index contributed by atoms with van der Waals surface area (Å²) in [5.74, 6) is 0.237. The molecule has 0 radical (unpaired) electrons. The van der Waals surface area contributed by atoms with Crippen LogP contribution >= 0.6 is 0 Å². The van der Waals surface area contributed by atoms with Crippen LogP contribution in [-0.2, 0) is 21.4 Å². The first-order chi connectivity index (χ1) is 9.04. The number of hydrogen-bond acceptors (Lipinski definition) is 5. The SMILES string of the molecule is CN(CC1CCCCO1)S(=O)(=O)c1ccc(CO)o1. The van der Waals surface area contributed by atoms with Gasteiger partial charge in [0.05, 0.1) is 6.10 Å². The van der Waals surface area contributed by atoms with Gasteiger partial charge in [0.25, 0.3) is 10.0 Å². The average molecular weight is 289 g/mol. The fourth-order valence-electron chi connectivity index (χ4n) is 2.07. The number of furan rings is 1. The highest BCUT2D eigenvalue weighted by Gasteiger charge is 2.27. The van der Waals surface area contributed by atoms with Gasteiger partial charge < -0.3 is 14.3 Å². The third-order valence-corrected chi connectivity index (χ3v) is 4.89. The summed E-state index contributed by atoms with van der Waals surface area (Å²) in [6.45, 7) is 0.691. The Morgan fingerprint density at radius 1 is 1.42 bits per heavy atom. The molecule has 2 rings (SSSR count). The molecule has 1 saturated heterocycles. The van der Waals surface area contributed by atoms with E-state index in [0.29, 0.717) is 13.2 Å². The maximum Gasteiger partial charge on any atom is 0.276 e. The highest BCUT2D eigenvalue weighted by atomic mass is 32.2. The number of likely N-dealkylation sites (N-methyl/N-ethyl adjacent to an activating group) is 1. The fraction of sp³-hybridized carbons (Fsp3) is 0.667. The van der Waals surface area contributed by atoms with E-state index in [1.165, 1.54) is 23.5 Å². The zero-order valence-electron chi connectivity index (χ0n) is 10.9. The smallest absolute Gasteiger partial charge is 0.276 e. The van der Waals surface area contributed by atoms with Crippen LogP contribution in [0, 0.1) is 0 Å². The Morgan fingerprint density at radius 2 is 2.21 bits per heavy atom. The second-order valence-electron chi connectivity index (χ2n) is 4.65. The van der Waals surface area contributed by atoms with Crippen LogP contribution in [0.5, 0.6) is 0 Å². The van der Waals surface area contributed by atoms with Gasteiger partial charge in [0.2, 0.25) is 5.09 Å². The highest BCUT2D eigenvalue weighted by molar-refractivity contribution is 7.89. The summed E-state index contributed by atoms with van der Waals surface area (Å²) in [6.07, 6.45) is 2.92. The second kappa shape index (κ2) is 6.04. The van der Waals surface area contributed by atoms with Gasteiger partial charge in [0.15, 0.2) is 0 Å². The maximum atomic E-state index is 12.2. The van der Waals surface area contributed by atoms with E-state index in [2.05, 4.69) is 0 Å². The lowest BCUT2D eigenvalue weighted by Crippen LogP contribution is -2.36. The predicted molar refractivity (Wildman–Crippen MR) is 68.0 cm³/mol. The van der Waals surface area contributed by atoms with Gasteiger partial charge >= 0.3 is 0 Å². The first-order valence-corrected chi connectivity index (χ1v) is 7.75. The van der Waals surface area contributed by atoms with E-state index < -0.39 is 10.0 Å². The van der Waals surface area contributed by atoms with Crippen LogP contribution in [0.15, 0.2) is 21.6 Å². The number of hydrogen-bond donors (Lipinski definition) is 1. The van der Waals surface area contributed by atoms with Crippen molar-refractivity contribution in [3.8, 4) is 0 Å². The second-order valence-corrected chi connectivity index (χ2v) is 6.63. The number of aliphatic hydroxyl groups excluding tert-OH is 1. The molecular formula is C12H19NO5S. The molecule has 1 aromatic heterocycles. The minimum atomic E-state index is -3.65. The molecule has 2 heterocycles. The van der Waals surface area contributed by atoms with E-state index in [0.717, 1.165) is 19.3 Å². The van der Waals surface area contributed by atoms with Crippen molar-refractivity contribution in [1.29, 1.82) is 0 Å². The Labute approximate surface area is 113 Å². The van der Waals surface area contributed by atoms with Gasteiger partial charge in [-0.1, -0.05) is 0 Å². The van der Waals surface area contributed by atoms with Crippen LogP contribution in [0.4, 0.5) is 0 Å². The van der Waals surface area contributed by atoms with E-state index in [-0.39, 0.29) is 23.6 Å². The molecule has 0 spiro atoms. The maximum absolute atomic E-state index is 12.2. The largest absolute Gasteiger partial charge is 0.446 e. The summed E-state index contributed by atoms with van der Waals surface area (Å²) in [6, 6.07) is 2.82. The van der Waals surface area contributed by atoms with Crippen LogP contribution in [-0.4, -0.2) is 44.1 Å². The summed E-state index contributed by atoms with van der Waals surface area (Å²) in [7, 11) is -2.14. The standard InChI is InChI=1S/C12H19NO5S/c1-13(8-10-4-2-3-7-17-10)19(15,16)12-6-5-11(9-14)18-12/h5-6,10,14H,2-4,7-9H2,1H3. The van der Waals surface area contributed by atoms with Gasteiger partial charge in [-0.2, -0.15) is 4.31 Å². The number of nitrogens with zero attached hydrogens (tertiary/aromatic N) is 1. The Bertz CT molecular complexity index is 504. The molecule has 0 bridgehead atoms. The topological polar surface area (TPSA) is 80.0 Å². The fourth-order valence-corrected chi connectivity index (χ4v) is 3.19. The Balaban J connectivity index is 2.05. The third kappa shape index (κ3) is 3.36. The third-order valence-electron chi connectivity index (χ3n) is 3.19. The molecule has 7 heteroatoms. The number of rotatable bonds is 5. The average Bonchev–Trinajstić information content (AvgIpc) is 2.89. The summed E-state index contributed by atoms with van der Waals surface area (Å²) in [4.78, 5) is 0. The van der Waals surface area contributed by atoms with E-state index in [1.807, 2.05) is 0 Å². The zero-order chi connectivity index (χ0) is 13.9. The molecule has 1 aliphatic rings. The minimum absolute atomic E-state index is 0.0548. The molecule has 1 unspecified atom stereocenters. The van der Waals surface area contributed by atoms with Crippen LogP contribution in [0.2, 0.25) is 0 Å². The summed E-state index contributed by atoms with van der Waals surface area (Å²) >= 11 is 0.